The van der Waals surface area contributed by atoms with Crippen LogP contribution in [-0.2, 0) is 10.2 Å². The lowest BCUT2D eigenvalue weighted by Crippen LogP contribution is -2.41. The molecule has 2 rings (SSSR count). The standard InChI is InChI=1S/C17H19FN2O/c1-12(13-6-5-9-19-11-13)20-16(21)17(2,3)14-7-4-8-15(18)10-14/h4-12H,1-3H3,(H,20,21)/t12-/m1/s1. The molecule has 1 aromatic carbocycles. The highest BCUT2D eigenvalue weighted by Gasteiger charge is 2.31. The lowest BCUT2D eigenvalue weighted by atomic mass is 9.83. The minimum Gasteiger partial charge on any atom is -0.349 e. The normalized spacial score (nSPS) is 12.8. The summed E-state index contributed by atoms with van der Waals surface area (Å²) in [5.41, 5.74) is 0.776. The predicted molar refractivity (Wildman–Crippen MR) is 80.2 cm³/mol. The van der Waals surface area contributed by atoms with Gasteiger partial charge in [0.15, 0.2) is 0 Å². The van der Waals surface area contributed by atoms with Gasteiger partial charge in [-0.15, -0.1) is 0 Å². The third kappa shape index (κ3) is 3.45. The van der Waals surface area contributed by atoms with Gasteiger partial charge in [-0.05, 0) is 50.1 Å². The van der Waals surface area contributed by atoms with E-state index in [9.17, 15) is 9.18 Å². The summed E-state index contributed by atoms with van der Waals surface area (Å²) in [7, 11) is 0. The number of rotatable bonds is 4. The summed E-state index contributed by atoms with van der Waals surface area (Å²) >= 11 is 0. The number of carbonyl (C=O) groups is 1. The Labute approximate surface area is 124 Å². The van der Waals surface area contributed by atoms with Gasteiger partial charge in [0.05, 0.1) is 11.5 Å². The second kappa shape index (κ2) is 6.04. The van der Waals surface area contributed by atoms with Gasteiger partial charge in [0.2, 0.25) is 5.91 Å². The van der Waals surface area contributed by atoms with Crippen molar-refractivity contribution in [2.75, 3.05) is 0 Å². The fraction of sp³-hybridized carbons (Fsp3) is 0.294. The van der Waals surface area contributed by atoms with E-state index in [1.807, 2.05) is 19.1 Å². The average Bonchev–Trinajstić information content (AvgIpc) is 2.48. The number of hydrogen-bond donors (Lipinski definition) is 1. The van der Waals surface area contributed by atoms with Crippen LogP contribution in [0.5, 0.6) is 0 Å². The van der Waals surface area contributed by atoms with E-state index >= 15 is 0 Å². The van der Waals surface area contributed by atoms with Crippen molar-refractivity contribution in [3.63, 3.8) is 0 Å². The first-order valence-electron chi connectivity index (χ1n) is 6.88. The van der Waals surface area contributed by atoms with Crippen LogP contribution >= 0.6 is 0 Å². The molecule has 1 heterocycles. The molecule has 1 atom stereocenters. The third-order valence-electron chi connectivity index (χ3n) is 3.65. The smallest absolute Gasteiger partial charge is 0.230 e. The topological polar surface area (TPSA) is 42.0 Å². The lowest BCUT2D eigenvalue weighted by Gasteiger charge is -2.26. The van der Waals surface area contributed by atoms with Crippen molar-refractivity contribution >= 4 is 5.91 Å². The molecule has 3 nitrogen and oxygen atoms in total. The first kappa shape index (κ1) is 15.2. The van der Waals surface area contributed by atoms with Crippen LogP contribution in [0, 0.1) is 5.82 Å². The summed E-state index contributed by atoms with van der Waals surface area (Å²) in [6.45, 7) is 5.47. The van der Waals surface area contributed by atoms with Gasteiger partial charge in [0.25, 0.3) is 0 Å². The Hall–Kier alpha value is -2.23. The van der Waals surface area contributed by atoms with Crippen molar-refractivity contribution in [1.82, 2.24) is 10.3 Å². The van der Waals surface area contributed by atoms with Crippen LogP contribution < -0.4 is 5.32 Å². The number of nitrogens with one attached hydrogen (secondary N) is 1. The minimum atomic E-state index is -0.807. The van der Waals surface area contributed by atoms with Crippen molar-refractivity contribution < 1.29 is 9.18 Å². The minimum absolute atomic E-state index is 0.149. The maximum atomic E-state index is 13.3. The first-order valence-corrected chi connectivity index (χ1v) is 6.88. The molecule has 0 bridgehead atoms. The Morgan fingerprint density at radius 2 is 2.05 bits per heavy atom. The number of benzene rings is 1. The summed E-state index contributed by atoms with van der Waals surface area (Å²) in [4.78, 5) is 16.6. The largest absolute Gasteiger partial charge is 0.349 e. The maximum absolute atomic E-state index is 13.3. The highest BCUT2D eigenvalue weighted by Crippen LogP contribution is 2.25. The zero-order valence-electron chi connectivity index (χ0n) is 12.4. The van der Waals surface area contributed by atoms with Crippen LogP contribution in [0.3, 0.4) is 0 Å². The molecule has 0 aliphatic rings. The summed E-state index contributed by atoms with van der Waals surface area (Å²) in [5.74, 6) is -0.488. The Balaban J connectivity index is 2.15. The van der Waals surface area contributed by atoms with E-state index in [0.717, 1.165) is 5.56 Å². The van der Waals surface area contributed by atoms with Crippen molar-refractivity contribution in [2.24, 2.45) is 0 Å². The molecule has 2 aromatic rings. The molecule has 0 aliphatic carbocycles. The summed E-state index contributed by atoms with van der Waals surface area (Å²) in [6.07, 6.45) is 3.41. The summed E-state index contributed by atoms with van der Waals surface area (Å²) < 4.78 is 13.3. The van der Waals surface area contributed by atoms with Crippen molar-refractivity contribution in [1.29, 1.82) is 0 Å². The molecular weight excluding hydrogens is 267 g/mol. The van der Waals surface area contributed by atoms with Gasteiger partial charge in [-0.1, -0.05) is 18.2 Å². The number of aromatic nitrogens is 1. The fourth-order valence-corrected chi connectivity index (χ4v) is 2.10. The van der Waals surface area contributed by atoms with Crippen LogP contribution in [-0.4, -0.2) is 10.9 Å². The molecule has 4 heteroatoms. The highest BCUT2D eigenvalue weighted by molar-refractivity contribution is 5.87. The number of pyridine rings is 1. The molecule has 21 heavy (non-hydrogen) atoms. The summed E-state index contributed by atoms with van der Waals surface area (Å²) in [5, 5.41) is 2.95. The van der Waals surface area contributed by atoms with Gasteiger partial charge in [-0.25, -0.2) is 4.39 Å². The van der Waals surface area contributed by atoms with Crippen LogP contribution in [0.15, 0.2) is 48.8 Å². The van der Waals surface area contributed by atoms with Crippen LogP contribution in [0.25, 0.3) is 0 Å². The maximum Gasteiger partial charge on any atom is 0.230 e. The van der Waals surface area contributed by atoms with Crippen molar-refractivity contribution in [3.8, 4) is 0 Å². The molecule has 0 saturated heterocycles. The van der Waals surface area contributed by atoms with Crippen LogP contribution in [0.1, 0.15) is 37.9 Å². The Kier molecular flexibility index (Phi) is 4.36. The number of halogens is 1. The van der Waals surface area contributed by atoms with Gasteiger partial charge >= 0.3 is 0 Å². The van der Waals surface area contributed by atoms with Crippen molar-refractivity contribution in [3.05, 3.63) is 65.7 Å². The second-order valence-electron chi connectivity index (χ2n) is 5.62. The molecule has 0 radical (unpaired) electrons. The molecule has 0 aliphatic heterocycles. The molecule has 0 saturated carbocycles. The lowest BCUT2D eigenvalue weighted by molar-refractivity contribution is -0.126. The Morgan fingerprint density at radius 1 is 1.29 bits per heavy atom. The van der Waals surface area contributed by atoms with Crippen LogP contribution in [0.4, 0.5) is 4.39 Å². The SMILES string of the molecule is C[C@@H](NC(=O)C(C)(C)c1cccc(F)c1)c1cccnc1. The molecule has 1 aromatic heterocycles. The van der Waals surface area contributed by atoms with E-state index in [0.29, 0.717) is 5.56 Å². The van der Waals surface area contributed by atoms with Gasteiger partial charge in [0, 0.05) is 12.4 Å². The van der Waals surface area contributed by atoms with Gasteiger partial charge in [-0.3, -0.25) is 9.78 Å². The zero-order chi connectivity index (χ0) is 15.5. The summed E-state index contributed by atoms with van der Waals surface area (Å²) in [6, 6.07) is 9.73. The van der Waals surface area contributed by atoms with Crippen molar-refractivity contribution in [2.45, 2.75) is 32.2 Å². The molecule has 0 unspecified atom stereocenters. The second-order valence-corrected chi connectivity index (χ2v) is 5.62. The first-order chi connectivity index (χ1) is 9.91. The van der Waals surface area contributed by atoms with Gasteiger partial charge in [-0.2, -0.15) is 0 Å². The average molecular weight is 286 g/mol. The predicted octanol–water partition coefficient (Wildman–Crippen LogP) is 3.38. The number of carbonyl (C=O) groups excluding carboxylic acids is 1. The fourth-order valence-electron chi connectivity index (χ4n) is 2.10. The molecular formula is C17H19FN2O. The monoisotopic (exact) mass is 286 g/mol. The molecule has 1 amide bonds. The van der Waals surface area contributed by atoms with Crippen LogP contribution in [0.2, 0.25) is 0 Å². The third-order valence-corrected chi connectivity index (χ3v) is 3.65. The Bertz CT molecular complexity index is 626. The van der Waals surface area contributed by atoms with E-state index in [-0.39, 0.29) is 17.8 Å². The van der Waals surface area contributed by atoms with Gasteiger partial charge in [0.1, 0.15) is 5.82 Å². The zero-order valence-corrected chi connectivity index (χ0v) is 12.4. The van der Waals surface area contributed by atoms with E-state index in [4.69, 9.17) is 0 Å². The Morgan fingerprint density at radius 3 is 2.67 bits per heavy atom. The van der Waals surface area contributed by atoms with E-state index in [1.54, 1.807) is 38.4 Å². The van der Waals surface area contributed by atoms with Gasteiger partial charge < -0.3 is 5.32 Å². The molecule has 110 valence electrons. The van der Waals surface area contributed by atoms with E-state index in [1.165, 1.54) is 12.1 Å². The highest BCUT2D eigenvalue weighted by atomic mass is 19.1. The number of hydrogen-bond acceptors (Lipinski definition) is 2. The molecule has 1 N–H and O–H groups in total. The number of nitrogens with zero attached hydrogens (tertiary/aromatic N) is 1. The molecule has 0 spiro atoms. The quantitative estimate of drug-likeness (QED) is 0.936. The molecule has 0 fully saturated rings. The van der Waals surface area contributed by atoms with E-state index in [2.05, 4.69) is 10.3 Å². The number of amides is 1. The van der Waals surface area contributed by atoms with E-state index < -0.39 is 5.41 Å².